The van der Waals surface area contributed by atoms with Gasteiger partial charge in [0, 0.05) is 18.2 Å². The summed E-state index contributed by atoms with van der Waals surface area (Å²) in [5, 5.41) is 0. The maximum absolute atomic E-state index is 6.10. The maximum Gasteiger partial charge on any atom is 0.498 e. The van der Waals surface area contributed by atoms with E-state index in [4.69, 9.17) is 9.31 Å². The Morgan fingerprint density at radius 1 is 1.20 bits per heavy atom. The zero-order chi connectivity index (χ0) is 14.4. The van der Waals surface area contributed by atoms with Crippen molar-refractivity contribution in [3.8, 4) is 0 Å². The maximum atomic E-state index is 6.10. The van der Waals surface area contributed by atoms with E-state index in [1.807, 2.05) is 6.20 Å². The molecule has 5 nitrogen and oxygen atoms in total. The summed E-state index contributed by atoms with van der Waals surface area (Å²) in [6.45, 7) is 11.4. The number of likely N-dealkylation sites (tertiary alicyclic amines) is 1. The molecule has 0 aromatic carbocycles. The molecule has 2 aliphatic heterocycles. The standard InChI is InChI=1S/C14H22BN3O2/c1-13(2)14(3,4)20-15(19-13)11-8-16-10-17-12(11)9-18-6-5-7-18/h8,10H,5-7,9H2,1-4H3. The van der Waals surface area contributed by atoms with Crippen molar-refractivity contribution in [2.75, 3.05) is 13.1 Å². The van der Waals surface area contributed by atoms with E-state index in [2.05, 4.69) is 42.6 Å². The molecule has 2 aliphatic rings. The third-order valence-electron chi connectivity index (χ3n) is 4.66. The first-order valence-electron chi connectivity index (χ1n) is 7.26. The van der Waals surface area contributed by atoms with Crippen LogP contribution in [0.3, 0.4) is 0 Å². The summed E-state index contributed by atoms with van der Waals surface area (Å²) in [7, 11) is -0.377. The van der Waals surface area contributed by atoms with Crippen LogP contribution in [0.2, 0.25) is 0 Å². The molecule has 0 unspecified atom stereocenters. The van der Waals surface area contributed by atoms with Crippen LogP contribution < -0.4 is 5.46 Å². The second kappa shape index (κ2) is 4.79. The Balaban J connectivity index is 1.84. The van der Waals surface area contributed by atoms with E-state index in [9.17, 15) is 0 Å². The zero-order valence-electron chi connectivity index (χ0n) is 12.7. The van der Waals surface area contributed by atoms with E-state index in [0.717, 1.165) is 30.8 Å². The molecule has 0 bridgehead atoms. The van der Waals surface area contributed by atoms with E-state index in [1.165, 1.54) is 6.42 Å². The first-order chi connectivity index (χ1) is 9.39. The van der Waals surface area contributed by atoms with Crippen molar-refractivity contribution in [2.24, 2.45) is 0 Å². The molecule has 0 spiro atoms. The average molecular weight is 275 g/mol. The monoisotopic (exact) mass is 275 g/mol. The van der Waals surface area contributed by atoms with Crippen LogP contribution in [0, 0.1) is 0 Å². The van der Waals surface area contributed by atoms with Crippen LogP contribution in [0.15, 0.2) is 12.5 Å². The minimum Gasteiger partial charge on any atom is -0.399 e. The summed E-state index contributed by atoms with van der Waals surface area (Å²) in [4.78, 5) is 10.9. The SMILES string of the molecule is CC1(C)OB(c2cncnc2CN2CCC2)OC1(C)C. The largest absolute Gasteiger partial charge is 0.498 e. The molecule has 20 heavy (non-hydrogen) atoms. The predicted molar refractivity (Wildman–Crippen MR) is 77.6 cm³/mol. The van der Waals surface area contributed by atoms with Crippen LogP contribution in [0.4, 0.5) is 0 Å². The second-order valence-electron chi connectivity index (χ2n) is 6.64. The molecule has 0 N–H and O–H groups in total. The van der Waals surface area contributed by atoms with Crippen LogP contribution >= 0.6 is 0 Å². The smallest absolute Gasteiger partial charge is 0.399 e. The lowest BCUT2D eigenvalue weighted by Crippen LogP contribution is -2.42. The highest BCUT2D eigenvalue weighted by Crippen LogP contribution is 2.36. The summed E-state index contributed by atoms with van der Waals surface area (Å²) in [6.07, 6.45) is 4.70. The van der Waals surface area contributed by atoms with Crippen LogP contribution in [-0.2, 0) is 15.9 Å². The Kier molecular flexibility index (Phi) is 3.35. The first-order valence-corrected chi connectivity index (χ1v) is 7.26. The van der Waals surface area contributed by atoms with Crippen molar-refractivity contribution < 1.29 is 9.31 Å². The van der Waals surface area contributed by atoms with Gasteiger partial charge < -0.3 is 9.31 Å². The van der Waals surface area contributed by atoms with Crippen LogP contribution in [0.1, 0.15) is 39.8 Å². The molecule has 6 heteroatoms. The van der Waals surface area contributed by atoms with E-state index >= 15 is 0 Å². The fourth-order valence-corrected chi connectivity index (χ4v) is 2.42. The van der Waals surface area contributed by atoms with Crippen molar-refractivity contribution in [1.82, 2.24) is 14.9 Å². The summed E-state index contributed by atoms with van der Waals surface area (Å²) >= 11 is 0. The average Bonchev–Trinajstić information content (AvgIpc) is 2.54. The molecule has 2 saturated heterocycles. The molecule has 1 aromatic rings. The van der Waals surface area contributed by atoms with Crippen LogP contribution in [-0.4, -0.2) is 46.3 Å². The highest BCUT2D eigenvalue weighted by Gasteiger charge is 2.52. The fraction of sp³-hybridized carbons (Fsp3) is 0.714. The minimum atomic E-state index is -0.377. The molecule has 0 radical (unpaired) electrons. The number of rotatable bonds is 3. The lowest BCUT2D eigenvalue weighted by molar-refractivity contribution is 0.00578. The van der Waals surface area contributed by atoms with Crippen molar-refractivity contribution in [1.29, 1.82) is 0 Å². The fourth-order valence-electron chi connectivity index (χ4n) is 2.42. The van der Waals surface area contributed by atoms with E-state index in [-0.39, 0.29) is 18.3 Å². The lowest BCUT2D eigenvalue weighted by atomic mass is 9.78. The molecule has 0 aliphatic carbocycles. The van der Waals surface area contributed by atoms with Gasteiger partial charge in [0.2, 0.25) is 0 Å². The van der Waals surface area contributed by atoms with Gasteiger partial charge >= 0.3 is 7.12 Å². The number of hydrogen-bond acceptors (Lipinski definition) is 5. The van der Waals surface area contributed by atoms with Crippen molar-refractivity contribution in [3.05, 3.63) is 18.2 Å². The Bertz CT molecular complexity index is 487. The molecular formula is C14H22BN3O2. The van der Waals surface area contributed by atoms with E-state index < -0.39 is 0 Å². The Labute approximate surface area is 120 Å². The summed E-state index contributed by atoms with van der Waals surface area (Å²) < 4.78 is 12.2. The van der Waals surface area contributed by atoms with E-state index in [0.29, 0.717) is 0 Å². The van der Waals surface area contributed by atoms with Crippen LogP contribution in [0.5, 0.6) is 0 Å². The molecule has 0 saturated carbocycles. The number of nitrogens with zero attached hydrogens (tertiary/aromatic N) is 3. The van der Waals surface area contributed by atoms with Crippen molar-refractivity contribution in [2.45, 2.75) is 51.9 Å². The van der Waals surface area contributed by atoms with Gasteiger partial charge in [-0.2, -0.15) is 0 Å². The van der Waals surface area contributed by atoms with Crippen molar-refractivity contribution >= 4 is 12.6 Å². The third kappa shape index (κ3) is 2.36. The van der Waals surface area contributed by atoms with Gasteiger partial charge in [-0.25, -0.2) is 9.97 Å². The third-order valence-corrected chi connectivity index (χ3v) is 4.66. The zero-order valence-corrected chi connectivity index (χ0v) is 12.7. The summed E-state index contributed by atoms with van der Waals surface area (Å²) in [5.74, 6) is 0. The van der Waals surface area contributed by atoms with Gasteiger partial charge in [0.1, 0.15) is 6.33 Å². The number of aromatic nitrogens is 2. The molecule has 108 valence electrons. The Hall–Kier alpha value is -0.975. The molecule has 0 atom stereocenters. The Morgan fingerprint density at radius 3 is 2.40 bits per heavy atom. The molecular weight excluding hydrogens is 253 g/mol. The quantitative estimate of drug-likeness (QED) is 0.770. The number of hydrogen-bond donors (Lipinski definition) is 0. The van der Waals surface area contributed by atoms with Gasteiger partial charge in [0.15, 0.2) is 0 Å². The molecule has 0 amide bonds. The van der Waals surface area contributed by atoms with Gasteiger partial charge in [0.25, 0.3) is 0 Å². The summed E-state index contributed by atoms with van der Waals surface area (Å²) in [6, 6.07) is 0. The lowest BCUT2D eigenvalue weighted by Gasteiger charge is -2.32. The predicted octanol–water partition coefficient (Wildman–Crippen LogP) is 0.982. The van der Waals surface area contributed by atoms with E-state index in [1.54, 1.807) is 6.33 Å². The van der Waals surface area contributed by atoms with Gasteiger partial charge in [-0.05, 0) is 47.2 Å². The van der Waals surface area contributed by atoms with Crippen LogP contribution in [0.25, 0.3) is 0 Å². The molecule has 3 rings (SSSR count). The summed E-state index contributed by atoms with van der Waals surface area (Å²) in [5.41, 5.74) is 1.31. The highest BCUT2D eigenvalue weighted by molar-refractivity contribution is 6.62. The second-order valence-corrected chi connectivity index (χ2v) is 6.64. The van der Waals surface area contributed by atoms with Gasteiger partial charge in [0.05, 0.1) is 16.9 Å². The Morgan fingerprint density at radius 2 is 1.85 bits per heavy atom. The van der Waals surface area contributed by atoms with Gasteiger partial charge in [-0.3, -0.25) is 4.90 Å². The normalized spacial score (nSPS) is 24.7. The van der Waals surface area contributed by atoms with Crippen molar-refractivity contribution in [3.63, 3.8) is 0 Å². The topological polar surface area (TPSA) is 47.5 Å². The molecule has 2 fully saturated rings. The van der Waals surface area contributed by atoms with Gasteiger partial charge in [-0.1, -0.05) is 0 Å². The molecule has 1 aromatic heterocycles. The highest BCUT2D eigenvalue weighted by atomic mass is 16.7. The first kappa shape index (κ1) is 14.0. The minimum absolute atomic E-state index is 0.332. The molecule has 3 heterocycles. The van der Waals surface area contributed by atoms with Gasteiger partial charge in [-0.15, -0.1) is 0 Å².